The van der Waals surface area contributed by atoms with Crippen molar-refractivity contribution in [1.82, 2.24) is 10.6 Å². The van der Waals surface area contributed by atoms with E-state index in [1.54, 1.807) is 19.1 Å². The van der Waals surface area contributed by atoms with Gasteiger partial charge in [0, 0.05) is 19.3 Å². The molecule has 0 spiro atoms. The zero-order valence-electron chi connectivity index (χ0n) is 12.0. The number of hydrogen-bond donors (Lipinski definition) is 2. The summed E-state index contributed by atoms with van der Waals surface area (Å²) in [6.45, 7) is -1.15. The van der Waals surface area contributed by atoms with E-state index in [2.05, 4.69) is 15.4 Å². The van der Waals surface area contributed by atoms with Crippen LogP contribution < -0.4 is 15.4 Å². The number of alkyl halides is 3. The lowest BCUT2D eigenvalue weighted by molar-refractivity contribution is -0.162. The van der Waals surface area contributed by atoms with Gasteiger partial charge < -0.3 is 15.4 Å². The molecule has 0 saturated heterocycles. The summed E-state index contributed by atoms with van der Waals surface area (Å²) in [5.74, 6) is 0.0420. The Kier molecular flexibility index (Phi) is 3.45. The lowest BCUT2D eigenvalue weighted by Gasteiger charge is -2.65. The Morgan fingerprint density at radius 2 is 2.00 bits per heavy atom. The summed E-state index contributed by atoms with van der Waals surface area (Å²) in [5, 5.41) is 5.51. The molecule has 0 aliphatic heterocycles. The molecule has 3 aliphatic rings. The van der Waals surface area contributed by atoms with Crippen molar-refractivity contribution in [3.63, 3.8) is 0 Å². The maximum atomic E-state index is 13.4. The summed E-state index contributed by atoms with van der Waals surface area (Å²) in [6.07, 6.45) is 1.12. The lowest BCUT2D eigenvalue weighted by atomic mass is 9.47. The zero-order valence-corrected chi connectivity index (χ0v) is 12.0. The van der Waals surface area contributed by atoms with E-state index in [0.29, 0.717) is 24.8 Å². The van der Waals surface area contributed by atoms with Crippen molar-refractivity contribution in [1.29, 1.82) is 0 Å². The number of nitrogens with one attached hydrogen (secondary N) is 2. The van der Waals surface area contributed by atoms with Crippen LogP contribution in [-0.4, -0.2) is 23.9 Å². The van der Waals surface area contributed by atoms with Crippen molar-refractivity contribution in [2.24, 2.45) is 0 Å². The number of benzene rings is 1. The molecule has 2 bridgehead atoms. The Hall–Kier alpha value is -1.92. The highest BCUT2D eigenvalue weighted by atomic mass is 19.3. The Morgan fingerprint density at radius 3 is 2.59 bits per heavy atom. The molecule has 2 amide bonds. The van der Waals surface area contributed by atoms with Crippen LogP contribution in [0.3, 0.4) is 0 Å². The lowest BCUT2D eigenvalue weighted by Crippen LogP contribution is -2.77. The van der Waals surface area contributed by atoms with E-state index in [-0.39, 0.29) is 23.4 Å². The van der Waals surface area contributed by atoms with Crippen LogP contribution in [0.15, 0.2) is 24.3 Å². The molecule has 3 aliphatic carbocycles. The molecular weight excluding hydrogens is 297 g/mol. The van der Waals surface area contributed by atoms with E-state index in [0.717, 1.165) is 0 Å². The standard InChI is InChI=1S/C15H17F3N2O2/c1-9(10-3-2-4-11(5-10)22-12(16)17)19-13(21)20-15-6-14(18,7-15)8-15/h2-5,9,12H,6-8H2,1H3,(H2,19,20,21). The van der Waals surface area contributed by atoms with E-state index >= 15 is 0 Å². The normalized spacial score (nSPS) is 30.0. The highest BCUT2D eigenvalue weighted by molar-refractivity contribution is 5.76. The molecule has 0 heterocycles. The first-order valence-electron chi connectivity index (χ1n) is 7.12. The minimum absolute atomic E-state index is 0.0420. The molecule has 0 radical (unpaired) electrons. The van der Waals surface area contributed by atoms with E-state index in [1.165, 1.54) is 12.1 Å². The van der Waals surface area contributed by atoms with Gasteiger partial charge >= 0.3 is 12.6 Å². The number of ether oxygens (including phenoxy) is 1. The van der Waals surface area contributed by atoms with Gasteiger partial charge in [-0.05, 0) is 24.6 Å². The summed E-state index contributed by atoms with van der Waals surface area (Å²) in [5.41, 5.74) is -0.813. The monoisotopic (exact) mass is 314 g/mol. The van der Waals surface area contributed by atoms with Crippen LogP contribution in [0.25, 0.3) is 0 Å². The second-order valence-corrected chi connectivity index (χ2v) is 6.23. The van der Waals surface area contributed by atoms with Gasteiger partial charge in [0.2, 0.25) is 0 Å². The molecule has 1 aromatic carbocycles. The van der Waals surface area contributed by atoms with Crippen molar-refractivity contribution < 1.29 is 22.7 Å². The average Bonchev–Trinajstić information content (AvgIpc) is 2.35. The van der Waals surface area contributed by atoms with Crippen LogP contribution in [0.5, 0.6) is 5.75 Å². The Bertz CT molecular complexity index is 574. The minimum Gasteiger partial charge on any atom is -0.435 e. The fourth-order valence-corrected chi connectivity index (χ4v) is 3.31. The minimum atomic E-state index is -2.89. The van der Waals surface area contributed by atoms with E-state index in [9.17, 15) is 18.0 Å². The first-order valence-corrected chi connectivity index (χ1v) is 7.12. The van der Waals surface area contributed by atoms with Crippen LogP contribution in [0, 0.1) is 0 Å². The number of halogens is 3. The molecule has 0 aromatic heterocycles. The smallest absolute Gasteiger partial charge is 0.387 e. The third-order valence-electron chi connectivity index (χ3n) is 4.28. The topological polar surface area (TPSA) is 50.4 Å². The van der Waals surface area contributed by atoms with Gasteiger partial charge in [0.25, 0.3) is 0 Å². The molecule has 120 valence electrons. The molecular formula is C15H17F3N2O2. The van der Waals surface area contributed by atoms with Crippen molar-refractivity contribution >= 4 is 6.03 Å². The van der Waals surface area contributed by atoms with Crippen LogP contribution in [0.2, 0.25) is 0 Å². The van der Waals surface area contributed by atoms with Crippen molar-refractivity contribution in [3.05, 3.63) is 29.8 Å². The van der Waals surface area contributed by atoms with Gasteiger partial charge in [-0.15, -0.1) is 0 Å². The summed E-state index contributed by atoms with van der Waals surface area (Å²) in [7, 11) is 0. The largest absolute Gasteiger partial charge is 0.435 e. The Labute approximate surface area is 126 Å². The fraction of sp³-hybridized carbons (Fsp3) is 0.533. The van der Waals surface area contributed by atoms with Gasteiger partial charge in [0.1, 0.15) is 11.4 Å². The molecule has 4 nitrogen and oxygen atoms in total. The highest BCUT2D eigenvalue weighted by Gasteiger charge is 2.69. The number of hydrogen-bond acceptors (Lipinski definition) is 2. The summed E-state index contributed by atoms with van der Waals surface area (Å²) in [6, 6.07) is 5.40. The predicted molar refractivity (Wildman–Crippen MR) is 73.6 cm³/mol. The number of rotatable bonds is 5. The van der Waals surface area contributed by atoms with E-state index in [1.807, 2.05) is 0 Å². The molecule has 3 fully saturated rings. The van der Waals surface area contributed by atoms with E-state index < -0.39 is 12.3 Å². The molecule has 2 N–H and O–H groups in total. The number of amides is 2. The second-order valence-electron chi connectivity index (χ2n) is 6.23. The fourth-order valence-electron chi connectivity index (χ4n) is 3.31. The van der Waals surface area contributed by atoms with Crippen LogP contribution >= 0.6 is 0 Å². The molecule has 3 saturated carbocycles. The average molecular weight is 314 g/mol. The maximum absolute atomic E-state index is 13.4. The molecule has 1 atom stereocenters. The molecule has 1 aromatic rings. The molecule has 7 heteroatoms. The SMILES string of the molecule is CC(NC(=O)NC12CC(F)(C1)C2)c1cccc(OC(F)F)c1. The Balaban J connectivity index is 1.55. The van der Waals surface area contributed by atoms with Gasteiger partial charge in [-0.25, -0.2) is 9.18 Å². The molecule has 22 heavy (non-hydrogen) atoms. The first kappa shape index (κ1) is 15.0. The summed E-state index contributed by atoms with van der Waals surface area (Å²) in [4.78, 5) is 11.9. The van der Waals surface area contributed by atoms with Crippen LogP contribution in [-0.2, 0) is 0 Å². The second kappa shape index (κ2) is 5.07. The Morgan fingerprint density at radius 1 is 1.32 bits per heavy atom. The zero-order chi connectivity index (χ0) is 16.0. The van der Waals surface area contributed by atoms with Gasteiger partial charge in [-0.2, -0.15) is 8.78 Å². The number of urea groups is 1. The predicted octanol–water partition coefficient (Wildman–Crippen LogP) is 3.29. The van der Waals surface area contributed by atoms with Gasteiger partial charge in [0.15, 0.2) is 0 Å². The van der Waals surface area contributed by atoms with Gasteiger partial charge in [0.05, 0.1) is 11.6 Å². The van der Waals surface area contributed by atoms with Crippen molar-refractivity contribution in [2.45, 2.75) is 50.0 Å². The summed E-state index contributed by atoms with van der Waals surface area (Å²) >= 11 is 0. The van der Waals surface area contributed by atoms with Gasteiger partial charge in [-0.1, -0.05) is 12.1 Å². The van der Waals surface area contributed by atoms with Crippen LogP contribution in [0.4, 0.5) is 18.0 Å². The van der Waals surface area contributed by atoms with Crippen molar-refractivity contribution in [3.8, 4) is 5.75 Å². The molecule has 1 unspecified atom stereocenters. The van der Waals surface area contributed by atoms with Gasteiger partial charge in [-0.3, -0.25) is 0 Å². The maximum Gasteiger partial charge on any atom is 0.387 e. The molecule has 4 rings (SSSR count). The number of carbonyl (C=O) groups is 1. The first-order chi connectivity index (χ1) is 10.3. The third-order valence-corrected chi connectivity index (χ3v) is 4.28. The van der Waals surface area contributed by atoms with Crippen LogP contribution in [0.1, 0.15) is 37.8 Å². The quantitative estimate of drug-likeness (QED) is 0.876. The van der Waals surface area contributed by atoms with Crippen molar-refractivity contribution in [2.75, 3.05) is 0 Å². The number of carbonyl (C=O) groups excluding carboxylic acids is 1. The highest BCUT2D eigenvalue weighted by Crippen LogP contribution is 2.62. The third kappa shape index (κ3) is 2.84. The summed E-state index contributed by atoms with van der Waals surface area (Å²) < 4.78 is 42.1. The van der Waals surface area contributed by atoms with E-state index in [4.69, 9.17) is 0 Å².